The topological polar surface area (TPSA) is 146 Å². The second kappa shape index (κ2) is 17.0. The molecule has 2 unspecified atom stereocenters. The van der Waals surface area contributed by atoms with Gasteiger partial charge in [0, 0.05) is 72.7 Å². The highest BCUT2D eigenvalue weighted by Crippen LogP contribution is 2.34. The maximum absolute atomic E-state index is 11.3. The van der Waals surface area contributed by atoms with Crippen molar-refractivity contribution in [3.63, 3.8) is 0 Å². The summed E-state index contributed by atoms with van der Waals surface area (Å²) < 4.78 is 0. The average molecular weight is 666 g/mol. The van der Waals surface area contributed by atoms with Gasteiger partial charge in [-0.25, -0.2) is 0 Å². The van der Waals surface area contributed by atoms with Crippen LogP contribution in [-0.4, -0.2) is 128 Å². The summed E-state index contributed by atoms with van der Waals surface area (Å²) in [5.74, 6) is 0.529. The van der Waals surface area contributed by atoms with Crippen LogP contribution in [0, 0.1) is 13.8 Å². The van der Waals surface area contributed by atoms with Crippen LogP contribution in [0.25, 0.3) is 12.2 Å². The molecule has 264 valence electrons. The zero-order valence-electron chi connectivity index (χ0n) is 28.6. The number of aliphatic hydroxyl groups is 4. The Bertz CT molecular complexity index is 1340. The molecule has 0 spiro atoms. The number of aryl methyl sites for hydroxylation is 2. The number of benzene rings is 2. The molecule has 0 bridgehead atoms. The van der Waals surface area contributed by atoms with Crippen molar-refractivity contribution in [2.75, 3.05) is 65.6 Å². The molecule has 48 heavy (non-hydrogen) atoms. The highest BCUT2D eigenvalue weighted by molar-refractivity contribution is 5.64. The fourth-order valence-electron chi connectivity index (χ4n) is 7.04. The first-order chi connectivity index (χ1) is 23.2. The molecule has 3 heterocycles. The van der Waals surface area contributed by atoms with E-state index in [9.17, 15) is 30.6 Å². The molecule has 2 aromatic carbocycles. The van der Waals surface area contributed by atoms with Crippen molar-refractivity contribution in [3.05, 3.63) is 69.0 Å². The predicted octanol–water partition coefficient (Wildman–Crippen LogP) is 2.51. The van der Waals surface area contributed by atoms with Crippen LogP contribution in [0.3, 0.4) is 0 Å². The zero-order chi connectivity index (χ0) is 34.2. The number of phenols is 2. The van der Waals surface area contributed by atoms with Crippen molar-refractivity contribution < 1.29 is 30.6 Å². The maximum Gasteiger partial charge on any atom is 0.150 e. The van der Waals surface area contributed by atoms with E-state index in [1.165, 1.54) is 0 Å². The lowest BCUT2D eigenvalue weighted by Crippen LogP contribution is -2.44. The highest BCUT2D eigenvalue weighted by atomic mass is 16.3. The van der Waals surface area contributed by atoms with Crippen LogP contribution in [0.5, 0.6) is 11.5 Å². The van der Waals surface area contributed by atoms with Gasteiger partial charge in [0.15, 0.2) is 0 Å². The second-order valence-electron chi connectivity index (χ2n) is 13.6. The summed E-state index contributed by atoms with van der Waals surface area (Å²) >= 11 is 0. The monoisotopic (exact) mass is 665 g/mol. The van der Waals surface area contributed by atoms with Gasteiger partial charge in [-0.05, 0) is 108 Å². The average Bonchev–Trinajstić information content (AvgIpc) is 3.03. The van der Waals surface area contributed by atoms with Crippen molar-refractivity contribution in [1.82, 2.24) is 24.9 Å². The Morgan fingerprint density at radius 2 is 1.06 bits per heavy atom. The van der Waals surface area contributed by atoms with Gasteiger partial charge in [0.25, 0.3) is 0 Å². The molecule has 0 radical (unpaired) electrons. The van der Waals surface area contributed by atoms with Gasteiger partial charge in [-0.2, -0.15) is 0 Å². The number of nitrogens with one attached hydrogen (secondary N) is 1. The van der Waals surface area contributed by atoms with E-state index < -0.39 is 12.5 Å². The summed E-state index contributed by atoms with van der Waals surface area (Å²) in [6.45, 7) is 11.5. The first-order valence-corrected chi connectivity index (χ1v) is 17.5. The van der Waals surface area contributed by atoms with Gasteiger partial charge < -0.3 is 45.8 Å². The largest absolute Gasteiger partial charge is 0.507 e. The van der Waals surface area contributed by atoms with E-state index in [1.807, 2.05) is 38.1 Å². The van der Waals surface area contributed by atoms with Gasteiger partial charge >= 0.3 is 0 Å². The van der Waals surface area contributed by atoms with E-state index in [2.05, 4.69) is 27.2 Å². The second-order valence-corrected chi connectivity index (χ2v) is 13.6. The summed E-state index contributed by atoms with van der Waals surface area (Å²) in [7, 11) is 0. The molecule has 11 heteroatoms. The molecular weight excluding hydrogens is 610 g/mol. The van der Waals surface area contributed by atoms with E-state index >= 15 is 0 Å². The Balaban J connectivity index is 1.27. The number of aliphatic hydroxyl groups excluding tert-OH is 4. The van der Waals surface area contributed by atoms with Crippen molar-refractivity contribution in [1.29, 1.82) is 0 Å². The third kappa shape index (κ3) is 9.09. The number of hydrogen-bond acceptors (Lipinski definition) is 11. The first-order valence-electron chi connectivity index (χ1n) is 17.5. The van der Waals surface area contributed by atoms with Crippen LogP contribution < -0.4 is 5.32 Å². The Labute approximate surface area is 285 Å². The van der Waals surface area contributed by atoms with Gasteiger partial charge in [-0.15, -0.1) is 0 Å². The number of rotatable bonds is 10. The molecule has 2 aromatic rings. The minimum absolute atomic E-state index is 0.265. The van der Waals surface area contributed by atoms with E-state index in [-0.39, 0.29) is 24.7 Å². The molecule has 11 nitrogen and oxygen atoms in total. The third-order valence-electron chi connectivity index (χ3n) is 9.76. The summed E-state index contributed by atoms with van der Waals surface area (Å²) in [6.07, 6.45) is 6.57. The van der Waals surface area contributed by atoms with Gasteiger partial charge in [0.05, 0.1) is 13.2 Å². The van der Waals surface area contributed by atoms with Gasteiger partial charge in [-0.1, -0.05) is 12.1 Å². The van der Waals surface area contributed by atoms with Crippen LogP contribution in [0.2, 0.25) is 0 Å². The van der Waals surface area contributed by atoms with Crippen LogP contribution in [0.1, 0.15) is 65.5 Å². The number of likely N-dealkylation sites (tertiary alicyclic amines) is 2. The summed E-state index contributed by atoms with van der Waals surface area (Å²) in [6, 6.07) is 8.05. The van der Waals surface area contributed by atoms with Crippen molar-refractivity contribution in [3.8, 4) is 11.5 Å². The van der Waals surface area contributed by atoms with Crippen LogP contribution in [-0.2, 0) is 13.1 Å². The molecule has 3 fully saturated rings. The molecule has 0 saturated carbocycles. The molecule has 0 aliphatic carbocycles. The van der Waals surface area contributed by atoms with Crippen molar-refractivity contribution >= 4 is 12.2 Å². The normalized spacial score (nSPS) is 21.8. The Kier molecular flexibility index (Phi) is 12.8. The highest BCUT2D eigenvalue weighted by Gasteiger charge is 2.27. The molecule has 0 aromatic heterocycles. The van der Waals surface area contributed by atoms with Crippen LogP contribution in [0.15, 0.2) is 35.7 Å². The van der Waals surface area contributed by atoms with Gasteiger partial charge in [0.2, 0.25) is 0 Å². The Morgan fingerprint density at radius 1 is 0.646 bits per heavy atom. The molecule has 0 amide bonds. The molecule has 3 aliphatic rings. The van der Waals surface area contributed by atoms with Crippen LogP contribution >= 0.6 is 0 Å². The van der Waals surface area contributed by atoms with E-state index in [0.29, 0.717) is 26.2 Å². The standard InChI is InChI=1S/C37H55N5O6/c1-26-16-28(20-32-6-14-41(32)34(45)24-43)36(47)30(18-26)22-39-10-3-8-38-9-4-11-40(13-5-12-39)23-31-19-27(2)17-29(37(31)48)21-33-7-15-42(33)35(46)25-44/h16-21,34-35,38,43-48H,3-15,22-25H2,1-2H3. The van der Waals surface area contributed by atoms with E-state index in [1.54, 1.807) is 9.80 Å². The lowest BCUT2D eigenvalue weighted by molar-refractivity contribution is -0.0374. The summed E-state index contributed by atoms with van der Waals surface area (Å²) in [5, 5.41) is 65.2. The van der Waals surface area contributed by atoms with E-state index in [0.717, 1.165) is 116 Å². The number of aromatic hydroxyl groups is 2. The van der Waals surface area contributed by atoms with Crippen molar-refractivity contribution in [2.24, 2.45) is 0 Å². The third-order valence-corrected chi connectivity index (χ3v) is 9.76. The number of hydrogen-bond donors (Lipinski definition) is 7. The SMILES string of the molecule is Cc1cc(C=C2CCN2C(O)CO)c(O)c(CN2CCCNCCCN(Cc3cc(C)cc(C=C4CCN4C(O)CO)c3O)CCC2)c1. The molecule has 3 aliphatic heterocycles. The molecule has 7 N–H and O–H groups in total. The number of nitrogens with zero attached hydrogens (tertiary/aromatic N) is 4. The predicted molar refractivity (Wildman–Crippen MR) is 188 cm³/mol. The quantitative estimate of drug-likeness (QED) is 0.201. The number of phenolic OH excluding ortho intramolecular Hbond substituents is 2. The lowest BCUT2D eigenvalue weighted by Gasteiger charge is -2.39. The van der Waals surface area contributed by atoms with E-state index in [4.69, 9.17) is 0 Å². The van der Waals surface area contributed by atoms with Gasteiger partial charge in [-0.3, -0.25) is 9.80 Å². The smallest absolute Gasteiger partial charge is 0.150 e. The minimum atomic E-state index is -0.924. The summed E-state index contributed by atoms with van der Waals surface area (Å²) in [4.78, 5) is 8.35. The van der Waals surface area contributed by atoms with Crippen LogP contribution in [0.4, 0.5) is 0 Å². The Hall–Kier alpha value is -3.16. The molecular formula is C37H55N5O6. The first kappa shape index (κ1) is 36.1. The maximum atomic E-state index is 11.3. The minimum Gasteiger partial charge on any atom is -0.507 e. The molecule has 2 atom stereocenters. The lowest BCUT2D eigenvalue weighted by atomic mass is 10.00. The van der Waals surface area contributed by atoms with Gasteiger partial charge in [0.1, 0.15) is 24.0 Å². The molecule has 5 rings (SSSR count). The fraction of sp³-hybridized carbons (Fsp3) is 0.568. The fourth-order valence-corrected chi connectivity index (χ4v) is 7.04. The molecule has 3 saturated heterocycles. The zero-order valence-corrected chi connectivity index (χ0v) is 28.6. The Morgan fingerprint density at radius 3 is 1.44 bits per heavy atom. The summed E-state index contributed by atoms with van der Waals surface area (Å²) in [5.41, 5.74) is 7.19. The van der Waals surface area contributed by atoms with Crippen molar-refractivity contribution in [2.45, 2.75) is 71.5 Å².